The molecule has 2 aromatic heterocycles. The van der Waals surface area contributed by atoms with E-state index in [4.69, 9.17) is 4.52 Å². The molecule has 1 N–H and O–H groups in total. The first kappa shape index (κ1) is 11.7. The lowest BCUT2D eigenvalue weighted by Crippen LogP contribution is -1.98. The van der Waals surface area contributed by atoms with E-state index in [1.54, 1.807) is 6.20 Å². The minimum Gasteiger partial charge on any atom is -0.385 e. The molecule has 2 heterocycles. The molecule has 0 saturated carbocycles. The van der Waals surface area contributed by atoms with Gasteiger partial charge < -0.3 is 9.63 Å². The van der Waals surface area contributed by atoms with Gasteiger partial charge in [-0.05, 0) is 25.5 Å². The Balaban J connectivity index is 2.20. The van der Waals surface area contributed by atoms with E-state index in [2.05, 4.69) is 15.1 Å². The van der Waals surface area contributed by atoms with Crippen LogP contribution in [0, 0.1) is 6.92 Å². The van der Waals surface area contributed by atoms with Crippen molar-refractivity contribution in [2.24, 2.45) is 0 Å². The summed E-state index contributed by atoms with van der Waals surface area (Å²) in [6.07, 6.45) is 2.53. The van der Waals surface area contributed by atoms with Gasteiger partial charge >= 0.3 is 0 Å². The molecule has 0 saturated heterocycles. The second-order valence-corrected chi connectivity index (χ2v) is 3.95. The van der Waals surface area contributed by atoms with Gasteiger partial charge in [0.05, 0.1) is 5.56 Å². The summed E-state index contributed by atoms with van der Waals surface area (Å²) in [6, 6.07) is 3.74. The van der Waals surface area contributed by atoms with Gasteiger partial charge in [-0.25, -0.2) is 0 Å². The van der Waals surface area contributed by atoms with Gasteiger partial charge in [0, 0.05) is 11.9 Å². The van der Waals surface area contributed by atoms with Crippen LogP contribution in [0.1, 0.15) is 37.4 Å². The molecule has 1 unspecified atom stereocenters. The predicted octanol–water partition coefficient (Wildman–Crippen LogP) is 2.27. The molecule has 0 aromatic carbocycles. The van der Waals surface area contributed by atoms with Gasteiger partial charge in [-0.2, -0.15) is 4.98 Å². The largest absolute Gasteiger partial charge is 0.385 e. The van der Waals surface area contributed by atoms with Gasteiger partial charge in [0.1, 0.15) is 6.10 Å². The number of pyridine rings is 1. The van der Waals surface area contributed by atoms with Crippen LogP contribution in [0.4, 0.5) is 0 Å². The van der Waals surface area contributed by atoms with E-state index in [1.807, 2.05) is 26.0 Å². The maximum absolute atomic E-state index is 9.72. The van der Waals surface area contributed by atoms with Crippen molar-refractivity contribution in [1.29, 1.82) is 0 Å². The zero-order chi connectivity index (χ0) is 12.3. The summed E-state index contributed by atoms with van der Waals surface area (Å²) in [5.41, 5.74) is 1.69. The molecule has 0 aliphatic carbocycles. The van der Waals surface area contributed by atoms with Crippen molar-refractivity contribution < 1.29 is 9.63 Å². The monoisotopic (exact) mass is 233 g/mol. The van der Waals surface area contributed by atoms with Crippen molar-refractivity contribution >= 4 is 0 Å². The van der Waals surface area contributed by atoms with Crippen LogP contribution in [0.25, 0.3) is 11.5 Å². The van der Waals surface area contributed by atoms with Crippen LogP contribution in [0.15, 0.2) is 22.9 Å². The molecule has 0 aliphatic heterocycles. The molecule has 90 valence electrons. The highest BCUT2D eigenvalue weighted by Crippen LogP contribution is 2.20. The lowest BCUT2D eigenvalue weighted by molar-refractivity contribution is 0.153. The number of nitrogens with zero attached hydrogens (tertiary/aromatic N) is 3. The van der Waals surface area contributed by atoms with Gasteiger partial charge in [-0.1, -0.05) is 18.5 Å². The number of aliphatic hydroxyl groups is 1. The minimum absolute atomic E-state index is 0.336. The number of hydrogen-bond acceptors (Lipinski definition) is 5. The fourth-order valence-corrected chi connectivity index (χ4v) is 1.48. The van der Waals surface area contributed by atoms with Crippen LogP contribution < -0.4 is 0 Å². The minimum atomic E-state index is -0.657. The van der Waals surface area contributed by atoms with Crippen molar-refractivity contribution in [2.75, 3.05) is 0 Å². The third kappa shape index (κ3) is 2.68. The van der Waals surface area contributed by atoms with Crippen molar-refractivity contribution in [3.8, 4) is 11.5 Å². The summed E-state index contributed by atoms with van der Waals surface area (Å²) in [5, 5.41) is 13.5. The molecule has 17 heavy (non-hydrogen) atoms. The number of rotatable bonds is 4. The van der Waals surface area contributed by atoms with E-state index in [9.17, 15) is 5.11 Å². The van der Waals surface area contributed by atoms with Gasteiger partial charge in [0.15, 0.2) is 0 Å². The molecule has 2 rings (SSSR count). The van der Waals surface area contributed by atoms with Crippen molar-refractivity contribution in [1.82, 2.24) is 15.1 Å². The molecule has 0 aliphatic rings. The summed E-state index contributed by atoms with van der Waals surface area (Å²) in [6.45, 7) is 3.90. The van der Waals surface area contributed by atoms with Crippen molar-refractivity contribution in [3.05, 3.63) is 29.8 Å². The molecule has 0 radical (unpaired) electrons. The number of aromatic nitrogens is 3. The van der Waals surface area contributed by atoms with E-state index < -0.39 is 6.10 Å². The molecule has 5 nitrogen and oxygen atoms in total. The molecular weight excluding hydrogens is 218 g/mol. The van der Waals surface area contributed by atoms with E-state index in [-0.39, 0.29) is 0 Å². The lowest BCUT2D eigenvalue weighted by atomic mass is 10.2. The standard InChI is InChI=1S/C12H15N3O2/c1-3-4-10(16)11-14-12(17-15-11)9-6-5-8(2)13-7-9/h5-7,10,16H,3-4H2,1-2H3. The Hall–Kier alpha value is -1.75. The van der Waals surface area contributed by atoms with Crippen LogP contribution >= 0.6 is 0 Å². The Morgan fingerprint density at radius 3 is 2.88 bits per heavy atom. The Labute approximate surface area is 99.5 Å². The maximum atomic E-state index is 9.72. The number of aryl methyl sites for hydroxylation is 1. The molecule has 5 heteroatoms. The third-order valence-electron chi connectivity index (χ3n) is 2.46. The molecule has 0 bridgehead atoms. The molecule has 1 atom stereocenters. The normalized spacial score (nSPS) is 12.6. The summed E-state index contributed by atoms with van der Waals surface area (Å²) >= 11 is 0. The summed E-state index contributed by atoms with van der Waals surface area (Å²) < 4.78 is 5.10. The molecule has 2 aromatic rings. The lowest BCUT2D eigenvalue weighted by Gasteiger charge is -2.01. The Kier molecular flexibility index (Phi) is 3.49. The molecule has 0 fully saturated rings. The van der Waals surface area contributed by atoms with Crippen LogP contribution in [-0.4, -0.2) is 20.2 Å². The van der Waals surface area contributed by atoms with Gasteiger partial charge in [0.2, 0.25) is 5.82 Å². The SMILES string of the molecule is CCCC(O)c1noc(-c2ccc(C)nc2)n1. The topological polar surface area (TPSA) is 72.0 Å². The highest BCUT2D eigenvalue weighted by atomic mass is 16.5. The Morgan fingerprint density at radius 1 is 1.41 bits per heavy atom. The molecule has 0 amide bonds. The quantitative estimate of drug-likeness (QED) is 0.877. The van der Waals surface area contributed by atoms with E-state index in [0.29, 0.717) is 18.1 Å². The zero-order valence-corrected chi connectivity index (χ0v) is 9.92. The average molecular weight is 233 g/mol. The van der Waals surface area contributed by atoms with E-state index in [0.717, 1.165) is 17.7 Å². The Morgan fingerprint density at radius 2 is 2.24 bits per heavy atom. The van der Waals surface area contributed by atoms with Gasteiger partial charge in [0.25, 0.3) is 5.89 Å². The Bertz CT molecular complexity index is 479. The first-order valence-electron chi connectivity index (χ1n) is 5.65. The summed E-state index contributed by atoms with van der Waals surface area (Å²) in [7, 11) is 0. The summed E-state index contributed by atoms with van der Waals surface area (Å²) in [4.78, 5) is 8.32. The maximum Gasteiger partial charge on any atom is 0.259 e. The highest BCUT2D eigenvalue weighted by molar-refractivity contribution is 5.50. The third-order valence-corrected chi connectivity index (χ3v) is 2.46. The highest BCUT2D eigenvalue weighted by Gasteiger charge is 2.15. The van der Waals surface area contributed by atoms with Gasteiger partial charge in [-0.3, -0.25) is 4.98 Å². The first-order chi connectivity index (χ1) is 8.20. The molecular formula is C12H15N3O2. The molecule has 0 spiro atoms. The van der Waals surface area contributed by atoms with Crippen molar-refractivity contribution in [2.45, 2.75) is 32.8 Å². The van der Waals surface area contributed by atoms with Crippen LogP contribution in [0.2, 0.25) is 0 Å². The fourth-order valence-electron chi connectivity index (χ4n) is 1.48. The fraction of sp³-hybridized carbons (Fsp3) is 0.417. The van der Waals surface area contributed by atoms with E-state index in [1.165, 1.54) is 0 Å². The predicted molar refractivity (Wildman–Crippen MR) is 62.1 cm³/mol. The van der Waals surface area contributed by atoms with Crippen molar-refractivity contribution in [3.63, 3.8) is 0 Å². The van der Waals surface area contributed by atoms with Crippen LogP contribution in [0.3, 0.4) is 0 Å². The van der Waals surface area contributed by atoms with Gasteiger partial charge in [-0.15, -0.1) is 0 Å². The smallest absolute Gasteiger partial charge is 0.259 e. The van der Waals surface area contributed by atoms with E-state index >= 15 is 0 Å². The van der Waals surface area contributed by atoms with Crippen LogP contribution in [0.5, 0.6) is 0 Å². The number of aliphatic hydroxyl groups excluding tert-OH is 1. The zero-order valence-electron chi connectivity index (χ0n) is 9.92. The second kappa shape index (κ2) is 5.05. The van der Waals surface area contributed by atoms with Crippen LogP contribution in [-0.2, 0) is 0 Å². The first-order valence-corrected chi connectivity index (χ1v) is 5.65. The second-order valence-electron chi connectivity index (χ2n) is 3.95. The number of hydrogen-bond donors (Lipinski definition) is 1. The average Bonchev–Trinajstić information content (AvgIpc) is 2.80. The summed E-state index contributed by atoms with van der Waals surface area (Å²) in [5.74, 6) is 0.727.